The first-order valence-corrected chi connectivity index (χ1v) is 9.07. The number of carbonyl (C=O) groups is 1. The van der Waals surface area contributed by atoms with Crippen LogP contribution in [0.25, 0.3) is 0 Å². The van der Waals surface area contributed by atoms with Crippen molar-refractivity contribution in [3.8, 4) is 0 Å². The molecule has 0 radical (unpaired) electrons. The van der Waals surface area contributed by atoms with Crippen LogP contribution < -0.4 is 5.73 Å². The van der Waals surface area contributed by atoms with Crippen LogP contribution in [0.2, 0.25) is 6.32 Å². The smallest absolute Gasteiger partial charge is 0.451 e. The molecule has 0 aliphatic heterocycles. The molecule has 0 aromatic heterocycles. The van der Waals surface area contributed by atoms with Gasteiger partial charge in [-0.25, -0.2) is 4.39 Å². The number of carboxylic acids is 1. The fraction of sp³-hybridized carbons (Fsp3) is 0.632. The molecular weight excluding hydrogens is 336 g/mol. The van der Waals surface area contributed by atoms with Crippen molar-refractivity contribution in [2.75, 3.05) is 0 Å². The van der Waals surface area contributed by atoms with Gasteiger partial charge in [-0.15, -0.1) is 0 Å². The molecule has 0 spiro atoms. The molecule has 0 heterocycles. The van der Waals surface area contributed by atoms with E-state index in [0.29, 0.717) is 30.4 Å². The van der Waals surface area contributed by atoms with Gasteiger partial charge in [0.05, 0.1) is 5.92 Å². The largest absolute Gasteiger partial charge is 0.481 e. The molecule has 5 nitrogen and oxygen atoms in total. The lowest BCUT2D eigenvalue weighted by Gasteiger charge is -2.39. The highest BCUT2D eigenvalue weighted by Gasteiger charge is 2.42. The molecule has 0 saturated carbocycles. The van der Waals surface area contributed by atoms with Crippen molar-refractivity contribution in [3.63, 3.8) is 0 Å². The SMILES string of the molecule is CC(C)(N)C(C)(C)c1cc2c(cc1F)C[C@H](CCCB(O)O)[C@@H]2C(=O)O. The highest BCUT2D eigenvalue weighted by Crippen LogP contribution is 2.44. The maximum atomic E-state index is 14.8. The van der Waals surface area contributed by atoms with E-state index >= 15 is 0 Å². The third-order valence-corrected chi connectivity index (χ3v) is 6.10. The van der Waals surface area contributed by atoms with Crippen molar-refractivity contribution in [1.29, 1.82) is 0 Å². The van der Waals surface area contributed by atoms with Gasteiger partial charge >= 0.3 is 13.1 Å². The quantitative estimate of drug-likeness (QED) is 0.556. The molecule has 0 amide bonds. The third-order valence-electron chi connectivity index (χ3n) is 6.10. The molecule has 2 atom stereocenters. The van der Waals surface area contributed by atoms with Crippen LogP contribution in [0.15, 0.2) is 12.1 Å². The van der Waals surface area contributed by atoms with Gasteiger partial charge in [0, 0.05) is 11.0 Å². The van der Waals surface area contributed by atoms with Gasteiger partial charge in [-0.1, -0.05) is 26.3 Å². The molecule has 5 N–H and O–H groups in total. The second-order valence-electron chi connectivity index (χ2n) is 8.57. The van der Waals surface area contributed by atoms with Crippen molar-refractivity contribution in [2.45, 2.75) is 70.1 Å². The average molecular weight is 365 g/mol. The Morgan fingerprint density at radius 1 is 1.31 bits per heavy atom. The fourth-order valence-electron chi connectivity index (χ4n) is 3.74. The Hall–Kier alpha value is -1.44. The Morgan fingerprint density at radius 3 is 2.42 bits per heavy atom. The molecule has 1 aromatic rings. The second-order valence-corrected chi connectivity index (χ2v) is 8.57. The Morgan fingerprint density at radius 2 is 1.92 bits per heavy atom. The monoisotopic (exact) mass is 365 g/mol. The van der Waals surface area contributed by atoms with Crippen LogP contribution in [0.4, 0.5) is 4.39 Å². The van der Waals surface area contributed by atoms with E-state index in [1.165, 1.54) is 6.07 Å². The summed E-state index contributed by atoms with van der Waals surface area (Å²) in [7, 11) is -1.39. The number of hydrogen-bond donors (Lipinski definition) is 4. The summed E-state index contributed by atoms with van der Waals surface area (Å²) >= 11 is 0. The molecule has 0 fully saturated rings. The maximum Gasteiger partial charge on any atom is 0.451 e. The normalized spacial score (nSPS) is 20.2. The summed E-state index contributed by atoms with van der Waals surface area (Å²) in [4.78, 5) is 11.9. The molecule has 0 bridgehead atoms. The van der Waals surface area contributed by atoms with E-state index in [0.717, 1.165) is 5.56 Å². The van der Waals surface area contributed by atoms with Crippen LogP contribution in [0.3, 0.4) is 0 Å². The Kier molecular flexibility index (Phi) is 5.85. The molecule has 1 aromatic carbocycles. The van der Waals surface area contributed by atoms with Crippen LogP contribution in [-0.2, 0) is 16.6 Å². The third kappa shape index (κ3) is 3.95. The molecule has 26 heavy (non-hydrogen) atoms. The summed E-state index contributed by atoms with van der Waals surface area (Å²) < 4.78 is 14.8. The summed E-state index contributed by atoms with van der Waals surface area (Å²) in [5.74, 6) is -2.18. The van der Waals surface area contributed by atoms with Crippen LogP contribution in [0.1, 0.15) is 63.1 Å². The van der Waals surface area contributed by atoms with E-state index in [1.54, 1.807) is 6.07 Å². The van der Waals surface area contributed by atoms with E-state index in [-0.39, 0.29) is 18.1 Å². The highest BCUT2D eigenvalue weighted by molar-refractivity contribution is 6.40. The van der Waals surface area contributed by atoms with Crippen molar-refractivity contribution in [2.24, 2.45) is 11.7 Å². The topological polar surface area (TPSA) is 104 Å². The van der Waals surface area contributed by atoms with Gasteiger partial charge in [-0.2, -0.15) is 0 Å². The number of benzene rings is 1. The molecule has 0 saturated heterocycles. The molecule has 1 aliphatic rings. The van der Waals surface area contributed by atoms with Gasteiger partial charge in [-0.3, -0.25) is 4.79 Å². The molecule has 144 valence electrons. The van der Waals surface area contributed by atoms with Crippen LogP contribution >= 0.6 is 0 Å². The number of carboxylic acid groups (broad SMARTS) is 1. The number of aliphatic carboxylic acids is 1. The summed E-state index contributed by atoms with van der Waals surface area (Å²) in [6, 6.07) is 3.13. The van der Waals surface area contributed by atoms with E-state index in [9.17, 15) is 14.3 Å². The Balaban J connectivity index is 2.40. The zero-order valence-corrected chi connectivity index (χ0v) is 15.9. The van der Waals surface area contributed by atoms with E-state index < -0.39 is 30.0 Å². The van der Waals surface area contributed by atoms with Crippen LogP contribution in [-0.4, -0.2) is 33.8 Å². The van der Waals surface area contributed by atoms with E-state index in [1.807, 2.05) is 27.7 Å². The maximum absolute atomic E-state index is 14.8. The van der Waals surface area contributed by atoms with Crippen molar-refractivity contribution in [1.82, 2.24) is 0 Å². The first-order chi connectivity index (χ1) is 11.9. The Labute approximate surface area is 154 Å². The molecule has 1 aliphatic carbocycles. The number of rotatable bonds is 7. The summed E-state index contributed by atoms with van der Waals surface area (Å²) in [6.45, 7) is 7.39. The molecular formula is C19H29BFNO4. The standard InChI is InChI=1S/C19H29BFNO4/c1-18(2,19(3,4)22)14-10-13-12(9-15(14)21)8-11(16(13)17(23)24)6-5-7-20(25)26/h9-11,16,25-26H,5-8,22H2,1-4H3,(H,23,24)/t11-,16-/m0/s1. The van der Waals surface area contributed by atoms with Gasteiger partial charge in [0.15, 0.2) is 0 Å². The first kappa shape index (κ1) is 20.9. The highest BCUT2D eigenvalue weighted by atomic mass is 19.1. The minimum Gasteiger partial charge on any atom is -0.481 e. The van der Waals surface area contributed by atoms with Crippen molar-refractivity contribution in [3.05, 3.63) is 34.6 Å². The number of halogens is 1. The number of hydrogen-bond acceptors (Lipinski definition) is 4. The van der Waals surface area contributed by atoms with Crippen LogP contribution in [0.5, 0.6) is 0 Å². The zero-order valence-electron chi connectivity index (χ0n) is 15.9. The van der Waals surface area contributed by atoms with Gasteiger partial charge < -0.3 is 20.9 Å². The lowest BCUT2D eigenvalue weighted by atomic mass is 9.69. The van der Waals surface area contributed by atoms with Gasteiger partial charge in [0.1, 0.15) is 5.82 Å². The number of fused-ring (bicyclic) bond motifs is 1. The van der Waals surface area contributed by atoms with Gasteiger partial charge in [0.2, 0.25) is 0 Å². The van der Waals surface area contributed by atoms with E-state index in [4.69, 9.17) is 15.8 Å². The molecule has 7 heteroatoms. The van der Waals surface area contributed by atoms with Crippen molar-refractivity contribution < 1.29 is 24.3 Å². The predicted molar refractivity (Wildman–Crippen MR) is 99.5 cm³/mol. The minimum atomic E-state index is -1.39. The lowest BCUT2D eigenvalue weighted by Crippen LogP contribution is -2.50. The summed E-state index contributed by atoms with van der Waals surface area (Å²) in [5.41, 5.74) is 6.69. The average Bonchev–Trinajstić information content (AvgIpc) is 2.81. The predicted octanol–water partition coefficient (Wildman–Crippen LogP) is 2.43. The Bertz CT molecular complexity index is 685. The lowest BCUT2D eigenvalue weighted by molar-refractivity contribution is -0.139. The van der Waals surface area contributed by atoms with Gasteiger partial charge in [-0.05, 0) is 61.7 Å². The fourth-order valence-corrected chi connectivity index (χ4v) is 3.74. The summed E-state index contributed by atoms with van der Waals surface area (Å²) in [5, 5.41) is 27.7. The van der Waals surface area contributed by atoms with Crippen molar-refractivity contribution >= 4 is 13.1 Å². The zero-order chi connectivity index (χ0) is 19.9. The molecule has 2 rings (SSSR count). The summed E-state index contributed by atoms with van der Waals surface area (Å²) in [6.07, 6.45) is 1.74. The first-order valence-electron chi connectivity index (χ1n) is 9.07. The second kappa shape index (κ2) is 7.29. The van der Waals surface area contributed by atoms with E-state index in [2.05, 4.69) is 0 Å². The van der Waals surface area contributed by atoms with Gasteiger partial charge in [0.25, 0.3) is 0 Å². The minimum absolute atomic E-state index is 0.176. The van der Waals surface area contributed by atoms with Crippen LogP contribution in [0, 0.1) is 11.7 Å². The number of nitrogens with two attached hydrogens (primary N) is 1. The molecule has 0 unspecified atom stereocenters.